The molecule has 2 aromatic heterocycles. The molecule has 35 heavy (non-hydrogen) atoms. The van der Waals surface area contributed by atoms with Gasteiger partial charge in [0, 0.05) is 42.6 Å². The van der Waals surface area contributed by atoms with Crippen LogP contribution in [0.5, 0.6) is 0 Å². The summed E-state index contributed by atoms with van der Waals surface area (Å²) in [6.07, 6.45) is 4.85. The number of hydrogen-bond acceptors (Lipinski definition) is 7. The first-order valence-electron chi connectivity index (χ1n) is 11.5. The molecular weight excluding hydrogens is 464 g/mol. The van der Waals surface area contributed by atoms with Gasteiger partial charge in [0.15, 0.2) is 0 Å². The van der Waals surface area contributed by atoms with Gasteiger partial charge in [-0.1, -0.05) is 6.07 Å². The number of fused-ring (bicyclic) bond motifs is 1. The third-order valence-electron chi connectivity index (χ3n) is 6.16. The van der Waals surface area contributed by atoms with Crippen molar-refractivity contribution in [2.24, 2.45) is 0 Å². The standard InChI is InChI=1S/C27H28N2O5S/c1-4-29(15-5-6-21-16-24(10-7-19(21)2)35(31,32)33-3)23-9-8-22-17-25(20-11-13-28-14-12-20)27(30)34-26(22)18-23/h7-14,16-18H,4-6,15H2,1-3H3. The van der Waals surface area contributed by atoms with Crippen LogP contribution in [0.1, 0.15) is 24.5 Å². The van der Waals surface area contributed by atoms with Gasteiger partial charge < -0.3 is 9.32 Å². The lowest BCUT2D eigenvalue weighted by Crippen LogP contribution is -2.24. The zero-order valence-electron chi connectivity index (χ0n) is 20.0. The summed E-state index contributed by atoms with van der Waals surface area (Å²) in [6, 6.07) is 16.4. The van der Waals surface area contributed by atoms with E-state index in [0.717, 1.165) is 53.7 Å². The number of aromatic nitrogens is 1. The van der Waals surface area contributed by atoms with Gasteiger partial charge in [0.25, 0.3) is 10.1 Å². The molecule has 7 nitrogen and oxygen atoms in total. The highest BCUT2D eigenvalue weighted by molar-refractivity contribution is 7.86. The van der Waals surface area contributed by atoms with E-state index < -0.39 is 10.1 Å². The van der Waals surface area contributed by atoms with Crippen LogP contribution in [-0.2, 0) is 20.7 Å². The molecule has 2 heterocycles. The summed E-state index contributed by atoms with van der Waals surface area (Å²) in [4.78, 5) is 19.0. The number of nitrogens with zero attached hydrogens (tertiary/aromatic N) is 2. The fourth-order valence-corrected chi connectivity index (χ4v) is 4.84. The van der Waals surface area contributed by atoms with E-state index in [1.54, 1.807) is 36.7 Å². The van der Waals surface area contributed by atoms with Crippen molar-refractivity contribution in [3.05, 3.63) is 88.5 Å². The van der Waals surface area contributed by atoms with Crippen molar-refractivity contribution in [1.29, 1.82) is 0 Å². The SMILES string of the molecule is CCN(CCCc1cc(S(=O)(=O)OC)ccc1C)c1ccc2cc(-c3ccncc3)c(=O)oc2c1. The Bertz CT molecular complexity index is 1500. The van der Waals surface area contributed by atoms with E-state index in [-0.39, 0.29) is 10.5 Å². The van der Waals surface area contributed by atoms with E-state index in [0.29, 0.717) is 11.1 Å². The van der Waals surface area contributed by atoms with Crippen molar-refractivity contribution in [3.63, 3.8) is 0 Å². The summed E-state index contributed by atoms with van der Waals surface area (Å²) in [5.74, 6) is 0. The second-order valence-electron chi connectivity index (χ2n) is 8.30. The number of anilines is 1. The summed E-state index contributed by atoms with van der Waals surface area (Å²) in [5.41, 5.74) is 4.42. The first-order chi connectivity index (χ1) is 16.8. The predicted molar refractivity (Wildman–Crippen MR) is 137 cm³/mol. The second-order valence-corrected chi connectivity index (χ2v) is 10.0. The van der Waals surface area contributed by atoms with Gasteiger partial charge in [0.2, 0.25) is 0 Å². The van der Waals surface area contributed by atoms with E-state index in [9.17, 15) is 13.2 Å². The highest BCUT2D eigenvalue weighted by Gasteiger charge is 2.15. The van der Waals surface area contributed by atoms with E-state index >= 15 is 0 Å². The molecule has 0 bridgehead atoms. The Balaban J connectivity index is 1.51. The minimum atomic E-state index is -3.72. The molecule has 0 spiro atoms. The average Bonchev–Trinajstić information content (AvgIpc) is 2.87. The molecule has 0 atom stereocenters. The van der Waals surface area contributed by atoms with Crippen LogP contribution >= 0.6 is 0 Å². The van der Waals surface area contributed by atoms with Crippen LogP contribution in [0.3, 0.4) is 0 Å². The molecule has 182 valence electrons. The maximum atomic E-state index is 12.6. The predicted octanol–water partition coefficient (Wildman–Crippen LogP) is 4.96. The number of aryl methyl sites for hydroxylation is 2. The minimum Gasteiger partial charge on any atom is -0.422 e. The molecule has 0 unspecified atom stereocenters. The van der Waals surface area contributed by atoms with Crippen LogP contribution in [0, 0.1) is 6.92 Å². The summed E-state index contributed by atoms with van der Waals surface area (Å²) >= 11 is 0. The van der Waals surface area contributed by atoms with Crippen molar-refractivity contribution in [2.75, 3.05) is 25.1 Å². The van der Waals surface area contributed by atoms with Gasteiger partial charge in [-0.25, -0.2) is 4.79 Å². The van der Waals surface area contributed by atoms with Gasteiger partial charge >= 0.3 is 5.63 Å². The third-order valence-corrected chi connectivity index (χ3v) is 7.43. The van der Waals surface area contributed by atoms with E-state index in [4.69, 9.17) is 4.42 Å². The zero-order valence-corrected chi connectivity index (χ0v) is 20.8. The first kappa shape index (κ1) is 24.6. The monoisotopic (exact) mass is 492 g/mol. The van der Waals surface area contributed by atoms with Crippen molar-refractivity contribution < 1.29 is 17.0 Å². The quantitative estimate of drug-likeness (QED) is 0.241. The smallest absolute Gasteiger partial charge is 0.344 e. The van der Waals surface area contributed by atoms with Crippen molar-refractivity contribution in [2.45, 2.75) is 31.6 Å². The number of pyridine rings is 1. The van der Waals surface area contributed by atoms with Crippen LogP contribution in [0.4, 0.5) is 5.69 Å². The second kappa shape index (κ2) is 10.4. The Labute approximate surface area is 205 Å². The van der Waals surface area contributed by atoms with Gasteiger partial charge in [-0.2, -0.15) is 8.42 Å². The molecule has 0 aliphatic heterocycles. The Morgan fingerprint density at radius 1 is 1.03 bits per heavy atom. The molecule has 0 saturated heterocycles. The van der Waals surface area contributed by atoms with Gasteiger partial charge in [0.1, 0.15) is 5.58 Å². The first-order valence-corrected chi connectivity index (χ1v) is 12.9. The highest BCUT2D eigenvalue weighted by Crippen LogP contribution is 2.26. The summed E-state index contributed by atoms with van der Waals surface area (Å²) < 4.78 is 34.4. The maximum absolute atomic E-state index is 12.6. The van der Waals surface area contributed by atoms with Gasteiger partial charge in [-0.3, -0.25) is 9.17 Å². The molecule has 4 rings (SSSR count). The number of benzene rings is 2. The molecule has 0 amide bonds. The fraction of sp³-hybridized carbons (Fsp3) is 0.259. The molecule has 0 radical (unpaired) electrons. The Morgan fingerprint density at radius 2 is 1.80 bits per heavy atom. The van der Waals surface area contributed by atoms with Crippen LogP contribution in [0.25, 0.3) is 22.1 Å². The lowest BCUT2D eigenvalue weighted by Gasteiger charge is -2.23. The number of rotatable bonds is 9. The van der Waals surface area contributed by atoms with Crippen LogP contribution in [0.15, 0.2) is 81.1 Å². The van der Waals surface area contributed by atoms with Crippen molar-refractivity contribution in [3.8, 4) is 11.1 Å². The Kier molecular flexibility index (Phi) is 7.33. The third kappa shape index (κ3) is 5.44. The van der Waals surface area contributed by atoms with Crippen molar-refractivity contribution >= 4 is 26.8 Å². The lowest BCUT2D eigenvalue weighted by molar-refractivity contribution is 0.397. The van der Waals surface area contributed by atoms with Crippen LogP contribution in [-0.4, -0.2) is 33.6 Å². The van der Waals surface area contributed by atoms with Crippen LogP contribution < -0.4 is 10.5 Å². The molecule has 0 saturated carbocycles. The summed E-state index contributed by atoms with van der Waals surface area (Å²) in [5, 5.41) is 0.850. The number of hydrogen-bond donors (Lipinski definition) is 0. The fourth-order valence-electron chi connectivity index (χ4n) is 4.13. The molecule has 2 aromatic carbocycles. The van der Waals surface area contributed by atoms with Gasteiger partial charge in [0.05, 0.1) is 17.6 Å². The molecule has 0 N–H and O–H groups in total. The van der Waals surface area contributed by atoms with Crippen molar-refractivity contribution in [1.82, 2.24) is 4.98 Å². The largest absolute Gasteiger partial charge is 0.422 e. The Hall–Kier alpha value is -3.49. The molecule has 0 aliphatic carbocycles. The summed E-state index contributed by atoms with van der Waals surface area (Å²) in [6.45, 7) is 5.59. The molecular formula is C27H28N2O5S. The lowest BCUT2D eigenvalue weighted by atomic mass is 10.0. The normalized spacial score (nSPS) is 11.6. The van der Waals surface area contributed by atoms with E-state index in [1.165, 1.54) is 7.11 Å². The minimum absolute atomic E-state index is 0.170. The zero-order chi connectivity index (χ0) is 25.0. The van der Waals surface area contributed by atoms with E-state index in [1.807, 2.05) is 37.3 Å². The molecule has 4 aromatic rings. The average molecular weight is 493 g/mol. The van der Waals surface area contributed by atoms with Gasteiger partial charge in [-0.05, 0) is 85.8 Å². The summed E-state index contributed by atoms with van der Waals surface area (Å²) in [7, 11) is -2.55. The molecule has 0 fully saturated rings. The van der Waals surface area contributed by atoms with Gasteiger partial charge in [-0.15, -0.1) is 0 Å². The van der Waals surface area contributed by atoms with E-state index in [2.05, 4.69) is 21.0 Å². The Morgan fingerprint density at radius 3 is 2.51 bits per heavy atom. The highest BCUT2D eigenvalue weighted by atomic mass is 32.2. The van der Waals surface area contributed by atoms with Crippen LogP contribution in [0.2, 0.25) is 0 Å². The maximum Gasteiger partial charge on any atom is 0.344 e. The topological polar surface area (TPSA) is 89.7 Å². The molecule has 0 aliphatic rings. The molecule has 8 heteroatoms.